The van der Waals surface area contributed by atoms with Crippen molar-refractivity contribution in [3.63, 3.8) is 0 Å². The summed E-state index contributed by atoms with van der Waals surface area (Å²) in [7, 11) is 0. The SMILES string of the molecule is CCOCc1ccc(CN=C(N)NCC(C)C)cc1.I. The van der Waals surface area contributed by atoms with Crippen LogP contribution in [-0.2, 0) is 17.9 Å². The number of halogens is 1. The van der Waals surface area contributed by atoms with Crippen LogP contribution in [0.25, 0.3) is 0 Å². The van der Waals surface area contributed by atoms with Gasteiger partial charge in [-0.15, -0.1) is 24.0 Å². The van der Waals surface area contributed by atoms with E-state index in [4.69, 9.17) is 10.5 Å². The summed E-state index contributed by atoms with van der Waals surface area (Å²) in [6.07, 6.45) is 0. The molecule has 0 fully saturated rings. The maximum atomic E-state index is 5.78. The Bertz CT molecular complexity index is 391. The van der Waals surface area contributed by atoms with Gasteiger partial charge in [-0.1, -0.05) is 38.1 Å². The highest BCUT2D eigenvalue weighted by molar-refractivity contribution is 14.0. The van der Waals surface area contributed by atoms with Crippen molar-refractivity contribution in [2.75, 3.05) is 13.2 Å². The Kier molecular flexibility index (Phi) is 10.5. The minimum atomic E-state index is 0. The molecule has 1 aromatic carbocycles. The van der Waals surface area contributed by atoms with E-state index >= 15 is 0 Å². The molecule has 0 amide bonds. The molecule has 0 radical (unpaired) electrons. The first kappa shape index (κ1) is 19.2. The molecule has 20 heavy (non-hydrogen) atoms. The second kappa shape index (κ2) is 10.9. The monoisotopic (exact) mass is 391 g/mol. The molecule has 0 bridgehead atoms. The van der Waals surface area contributed by atoms with E-state index < -0.39 is 0 Å². The first-order chi connectivity index (χ1) is 9.11. The molecule has 3 N–H and O–H groups in total. The van der Waals surface area contributed by atoms with Crippen LogP contribution in [0.3, 0.4) is 0 Å². The van der Waals surface area contributed by atoms with Gasteiger partial charge in [0.25, 0.3) is 0 Å². The van der Waals surface area contributed by atoms with Crippen LogP contribution in [0.1, 0.15) is 31.9 Å². The van der Waals surface area contributed by atoms with E-state index in [1.165, 1.54) is 5.56 Å². The summed E-state index contributed by atoms with van der Waals surface area (Å²) in [4.78, 5) is 4.31. The van der Waals surface area contributed by atoms with Crippen LogP contribution >= 0.6 is 24.0 Å². The summed E-state index contributed by atoms with van der Waals surface area (Å²) in [5, 5.41) is 3.10. The van der Waals surface area contributed by atoms with Gasteiger partial charge in [0, 0.05) is 13.2 Å². The topological polar surface area (TPSA) is 59.6 Å². The highest BCUT2D eigenvalue weighted by Gasteiger charge is 1.97. The molecular formula is C15H26IN3O. The van der Waals surface area contributed by atoms with Gasteiger partial charge in [-0.05, 0) is 24.0 Å². The van der Waals surface area contributed by atoms with Gasteiger partial charge in [-0.2, -0.15) is 0 Å². The number of nitrogens with one attached hydrogen (secondary N) is 1. The molecule has 0 aromatic heterocycles. The molecule has 0 unspecified atom stereocenters. The van der Waals surface area contributed by atoms with E-state index in [0.29, 0.717) is 25.0 Å². The Morgan fingerprint density at radius 1 is 1.25 bits per heavy atom. The zero-order valence-electron chi connectivity index (χ0n) is 12.6. The van der Waals surface area contributed by atoms with Crippen LogP contribution in [0.2, 0.25) is 0 Å². The molecule has 0 aliphatic heterocycles. The van der Waals surface area contributed by atoms with Gasteiger partial charge in [-0.3, -0.25) is 0 Å². The number of ether oxygens (including phenoxy) is 1. The molecule has 5 heteroatoms. The predicted molar refractivity (Wildman–Crippen MR) is 95.4 cm³/mol. The van der Waals surface area contributed by atoms with Gasteiger partial charge < -0.3 is 15.8 Å². The Labute approximate surface area is 139 Å². The Morgan fingerprint density at radius 3 is 2.40 bits per heavy atom. The summed E-state index contributed by atoms with van der Waals surface area (Å²) in [6.45, 7) is 9.13. The summed E-state index contributed by atoms with van der Waals surface area (Å²) in [6, 6.07) is 8.26. The second-order valence-corrected chi connectivity index (χ2v) is 4.93. The third-order valence-electron chi connectivity index (χ3n) is 2.62. The molecule has 0 aliphatic rings. The number of rotatable bonds is 7. The maximum Gasteiger partial charge on any atom is 0.188 e. The largest absolute Gasteiger partial charge is 0.377 e. The van der Waals surface area contributed by atoms with E-state index in [2.05, 4.69) is 48.4 Å². The van der Waals surface area contributed by atoms with Crippen LogP contribution in [0.4, 0.5) is 0 Å². The fourth-order valence-electron chi connectivity index (χ4n) is 1.50. The van der Waals surface area contributed by atoms with E-state index in [1.807, 2.05) is 6.92 Å². The number of nitrogens with two attached hydrogens (primary N) is 1. The van der Waals surface area contributed by atoms with E-state index in [-0.39, 0.29) is 24.0 Å². The third kappa shape index (κ3) is 8.37. The fraction of sp³-hybridized carbons (Fsp3) is 0.533. The first-order valence-corrected chi connectivity index (χ1v) is 6.81. The maximum absolute atomic E-state index is 5.78. The lowest BCUT2D eigenvalue weighted by atomic mass is 10.1. The molecule has 114 valence electrons. The molecule has 0 aliphatic carbocycles. The Balaban J connectivity index is 0.00000361. The summed E-state index contributed by atoms with van der Waals surface area (Å²) in [5.74, 6) is 1.07. The lowest BCUT2D eigenvalue weighted by molar-refractivity contribution is 0.134. The van der Waals surface area contributed by atoms with Crippen molar-refractivity contribution in [3.05, 3.63) is 35.4 Å². The summed E-state index contributed by atoms with van der Waals surface area (Å²) in [5.41, 5.74) is 8.11. The van der Waals surface area contributed by atoms with Crippen molar-refractivity contribution in [2.45, 2.75) is 33.9 Å². The van der Waals surface area contributed by atoms with Crippen molar-refractivity contribution < 1.29 is 4.74 Å². The highest BCUT2D eigenvalue weighted by Crippen LogP contribution is 2.06. The first-order valence-electron chi connectivity index (χ1n) is 6.81. The van der Waals surface area contributed by atoms with E-state index in [0.717, 1.165) is 18.7 Å². The number of benzene rings is 1. The lowest BCUT2D eigenvalue weighted by Crippen LogP contribution is -2.34. The zero-order valence-corrected chi connectivity index (χ0v) is 14.9. The minimum Gasteiger partial charge on any atom is -0.377 e. The second-order valence-electron chi connectivity index (χ2n) is 4.93. The number of aliphatic imine (C=N–C) groups is 1. The van der Waals surface area contributed by atoms with E-state index in [9.17, 15) is 0 Å². The quantitative estimate of drug-likeness (QED) is 0.427. The molecular weight excluding hydrogens is 365 g/mol. The third-order valence-corrected chi connectivity index (χ3v) is 2.62. The summed E-state index contributed by atoms with van der Waals surface area (Å²) >= 11 is 0. The molecule has 1 rings (SSSR count). The molecule has 0 saturated heterocycles. The molecule has 4 nitrogen and oxygen atoms in total. The van der Waals surface area contributed by atoms with E-state index in [1.54, 1.807) is 0 Å². The normalized spacial score (nSPS) is 11.3. The van der Waals surface area contributed by atoms with Crippen molar-refractivity contribution in [1.82, 2.24) is 5.32 Å². The van der Waals surface area contributed by atoms with Gasteiger partial charge in [-0.25, -0.2) is 4.99 Å². The highest BCUT2D eigenvalue weighted by atomic mass is 127. The van der Waals surface area contributed by atoms with Crippen LogP contribution in [0, 0.1) is 5.92 Å². The van der Waals surface area contributed by atoms with Crippen molar-refractivity contribution in [3.8, 4) is 0 Å². The smallest absolute Gasteiger partial charge is 0.188 e. The average Bonchev–Trinajstić information content (AvgIpc) is 2.41. The van der Waals surface area contributed by atoms with Crippen LogP contribution in [0.15, 0.2) is 29.3 Å². The van der Waals surface area contributed by atoms with Crippen molar-refractivity contribution in [2.24, 2.45) is 16.6 Å². The molecule has 0 spiro atoms. The van der Waals surface area contributed by atoms with Crippen LogP contribution in [0.5, 0.6) is 0 Å². The molecule has 0 atom stereocenters. The van der Waals surface area contributed by atoms with Gasteiger partial charge in [0.2, 0.25) is 0 Å². The zero-order chi connectivity index (χ0) is 14.1. The number of nitrogens with zero attached hydrogens (tertiary/aromatic N) is 1. The average molecular weight is 391 g/mol. The molecule has 0 heterocycles. The predicted octanol–water partition coefficient (Wildman–Crippen LogP) is 2.90. The fourth-order valence-corrected chi connectivity index (χ4v) is 1.50. The number of guanidine groups is 1. The van der Waals surface area contributed by atoms with Gasteiger partial charge in [0.15, 0.2) is 5.96 Å². The van der Waals surface area contributed by atoms with Gasteiger partial charge >= 0.3 is 0 Å². The van der Waals surface area contributed by atoms with Crippen LogP contribution in [-0.4, -0.2) is 19.1 Å². The minimum absolute atomic E-state index is 0. The number of hydrogen-bond acceptors (Lipinski definition) is 2. The van der Waals surface area contributed by atoms with Crippen LogP contribution < -0.4 is 11.1 Å². The lowest BCUT2D eigenvalue weighted by Gasteiger charge is -2.08. The Morgan fingerprint density at radius 2 is 1.85 bits per heavy atom. The van der Waals surface area contributed by atoms with Gasteiger partial charge in [0.05, 0.1) is 13.2 Å². The number of hydrogen-bond donors (Lipinski definition) is 2. The Hall–Kier alpha value is -0.820. The molecule has 1 aromatic rings. The van der Waals surface area contributed by atoms with Gasteiger partial charge in [0.1, 0.15) is 0 Å². The summed E-state index contributed by atoms with van der Waals surface area (Å²) < 4.78 is 5.35. The molecule has 0 saturated carbocycles. The van der Waals surface area contributed by atoms with Crippen molar-refractivity contribution >= 4 is 29.9 Å². The van der Waals surface area contributed by atoms with Crippen molar-refractivity contribution in [1.29, 1.82) is 0 Å². The standard InChI is InChI=1S/C15H25N3O.HI/c1-4-19-11-14-7-5-13(6-8-14)10-18-15(16)17-9-12(2)3;/h5-8,12H,4,9-11H2,1-3H3,(H3,16,17,18);1H.